The van der Waals surface area contributed by atoms with Crippen molar-refractivity contribution in [3.63, 3.8) is 0 Å². The molecule has 1 aliphatic rings. The molecule has 1 saturated heterocycles. The Hall–Kier alpha value is -6.95. The average molecular weight is 829 g/mol. The van der Waals surface area contributed by atoms with E-state index in [-0.39, 0.29) is 56.4 Å². The van der Waals surface area contributed by atoms with Gasteiger partial charge in [-0.25, -0.2) is 4.79 Å². The molecule has 0 bridgehead atoms. The third-order valence-corrected chi connectivity index (χ3v) is 9.63. The van der Waals surface area contributed by atoms with Gasteiger partial charge in [0.15, 0.2) is 0 Å². The molecule has 0 radical (unpaired) electrons. The van der Waals surface area contributed by atoms with Gasteiger partial charge in [-0.1, -0.05) is 86.1 Å². The summed E-state index contributed by atoms with van der Waals surface area (Å²) in [6, 6.07) is 17.2. The van der Waals surface area contributed by atoms with E-state index in [1.54, 1.807) is 37.3 Å². The Bertz CT molecular complexity index is 2050. The van der Waals surface area contributed by atoms with E-state index < -0.39 is 90.0 Å². The molecule has 3 aromatic rings. The number of carboxylic acids is 2. The van der Waals surface area contributed by atoms with Crippen molar-refractivity contribution in [2.24, 2.45) is 5.73 Å². The molecule has 5 atom stereocenters. The number of rotatable bonds is 22. The summed E-state index contributed by atoms with van der Waals surface area (Å²) in [5.74, 6) is -9.05. The summed E-state index contributed by atoms with van der Waals surface area (Å²) in [5.41, 5.74) is 6.07. The molecule has 3 aromatic carbocycles. The smallest absolute Gasteiger partial charge is 0.336 e. The number of carboxylic acid groups (broad SMARTS) is 2. The zero-order chi connectivity index (χ0) is 43.8. The number of nitrogens with one attached hydrogen (secondary N) is 4. The second-order valence-electron chi connectivity index (χ2n) is 14.0. The molecule has 1 unspecified atom stereocenters. The van der Waals surface area contributed by atoms with Gasteiger partial charge in [0.2, 0.25) is 29.4 Å². The number of ether oxygens (including phenoxy) is 1. The zero-order valence-corrected chi connectivity index (χ0v) is 32.8. The summed E-state index contributed by atoms with van der Waals surface area (Å²) in [6.07, 6.45) is -1.09. The van der Waals surface area contributed by atoms with E-state index in [0.717, 1.165) is 10.5 Å². The summed E-state index contributed by atoms with van der Waals surface area (Å²) in [5, 5.41) is 28.7. The van der Waals surface area contributed by atoms with Crippen molar-refractivity contribution in [2.75, 3.05) is 13.1 Å². The van der Waals surface area contributed by atoms with Crippen LogP contribution in [-0.2, 0) is 44.9 Å². The van der Waals surface area contributed by atoms with Crippen molar-refractivity contribution >= 4 is 53.2 Å². The molecule has 1 heterocycles. The van der Waals surface area contributed by atoms with Crippen LogP contribution in [0.4, 0.5) is 0 Å². The van der Waals surface area contributed by atoms with Gasteiger partial charge in [0.1, 0.15) is 18.1 Å². The number of carbonyl (C=O) groups excluding carboxylic acids is 7. The lowest BCUT2D eigenvalue weighted by Crippen LogP contribution is -2.56. The van der Waals surface area contributed by atoms with Crippen molar-refractivity contribution in [3.05, 3.63) is 107 Å². The fourth-order valence-electron chi connectivity index (χ4n) is 6.62. The number of carbonyl (C=O) groups is 9. The van der Waals surface area contributed by atoms with Crippen LogP contribution in [0.5, 0.6) is 0 Å². The predicted octanol–water partition coefficient (Wildman–Crippen LogP) is 1.24. The number of primary amides is 1. The maximum absolute atomic E-state index is 14.4. The highest BCUT2D eigenvalue weighted by Crippen LogP contribution is 2.25. The van der Waals surface area contributed by atoms with E-state index in [9.17, 15) is 53.4 Å². The van der Waals surface area contributed by atoms with E-state index in [0.29, 0.717) is 12.0 Å². The topological polar surface area (TPSA) is 281 Å². The molecule has 0 saturated carbocycles. The Balaban J connectivity index is 1.53. The Labute approximate surface area is 345 Å². The number of aromatic carboxylic acids is 1. The van der Waals surface area contributed by atoms with Crippen LogP contribution in [0.3, 0.4) is 0 Å². The van der Waals surface area contributed by atoms with Crippen LogP contribution in [0.2, 0.25) is 0 Å². The highest BCUT2D eigenvalue weighted by Gasteiger charge is 2.44. The average Bonchev–Trinajstić information content (AvgIpc) is 3.68. The van der Waals surface area contributed by atoms with Crippen molar-refractivity contribution in [1.82, 2.24) is 26.2 Å². The minimum absolute atomic E-state index is 0.00654. The van der Waals surface area contributed by atoms with Gasteiger partial charge in [-0.15, -0.1) is 0 Å². The van der Waals surface area contributed by atoms with Crippen molar-refractivity contribution < 1.29 is 58.1 Å². The highest BCUT2D eigenvalue weighted by molar-refractivity contribution is 6.38. The van der Waals surface area contributed by atoms with Crippen LogP contribution in [0.1, 0.15) is 83.3 Å². The monoisotopic (exact) mass is 828 g/mol. The molecule has 0 aliphatic carbocycles. The number of hydrogen-bond donors (Lipinski definition) is 7. The van der Waals surface area contributed by atoms with E-state index in [4.69, 9.17) is 10.5 Å². The summed E-state index contributed by atoms with van der Waals surface area (Å²) in [4.78, 5) is 117. The van der Waals surface area contributed by atoms with Gasteiger partial charge in [0.05, 0.1) is 36.4 Å². The van der Waals surface area contributed by atoms with E-state index in [1.807, 2.05) is 30.3 Å². The number of Topliss-reactive ketones (excluding diaryl/α,β-unsaturated/α-hetero) is 1. The zero-order valence-electron chi connectivity index (χ0n) is 32.8. The Morgan fingerprint density at radius 3 is 2.05 bits per heavy atom. The number of hydrogen-bond acceptors (Lipinski definition) is 10. The molecule has 6 amide bonds. The lowest BCUT2D eigenvalue weighted by atomic mass is 10.0. The molecular weight excluding hydrogens is 780 g/mol. The number of ketones is 1. The maximum Gasteiger partial charge on any atom is 0.336 e. The third-order valence-electron chi connectivity index (χ3n) is 9.63. The lowest BCUT2D eigenvalue weighted by molar-refractivity contribution is -0.143. The summed E-state index contributed by atoms with van der Waals surface area (Å²) in [7, 11) is 0. The standard InChI is InChI=1S/C42H48N6O12/c1-2-12-30(36(52)40(56)44-22-33(49)47-35(37(43)53)26-15-7-4-8-16-26)45-39(55)32-21-27(60-24-25-13-5-3-6-14-25)23-48(32)41(57)31(19-11-20-34(50)51)46-38(54)28-17-9-10-18-29(28)42(58)59/h3-10,13-18,27,30-32,35H,2,11-12,19-24H2,1H3,(H2,43,53)(H,44,56)(H,45,55)(H,46,54)(H,47,49)(H,50,51)(H,58,59)/t27-,30?,31+,32+,35+/m1/s1. The number of aliphatic carboxylic acids is 1. The number of nitrogens with zero attached hydrogens (tertiary/aromatic N) is 1. The van der Waals surface area contributed by atoms with Crippen LogP contribution in [0.15, 0.2) is 84.9 Å². The normalized spacial score (nSPS) is 16.1. The van der Waals surface area contributed by atoms with Crippen LogP contribution in [0.25, 0.3) is 0 Å². The molecule has 0 aromatic heterocycles. The minimum atomic E-state index is -1.41. The van der Waals surface area contributed by atoms with Gasteiger partial charge < -0.3 is 46.9 Å². The summed E-state index contributed by atoms with van der Waals surface area (Å²) >= 11 is 0. The van der Waals surface area contributed by atoms with Crippen LogP contribution in [-0.4, -0.2) is 106 Å². The first-order chi connectivity index (χ1) is 28.7. The molecule has 1 aliphatic heterocycles. The molecule has 60 heavy (non-hydrogen) atoms. The Morgan fingerprint density at radius 1 is 0.800 bits per heavy atom. The van der Waals surface area contributed by atoms with Gasteiger partial charge in [0, 0.05) is 19.4 Å². The quantitative estimate of drug-likeness (QED) is 0.0705. The molecule has 18 heteroatoms. The SMILES string of the molecule is CCCC(NC(=O)[C@@H]1C[C@@H](OCc2ccccc2)CN1C(=O)[C@H](CCCC(=O)O)NC(=O)c1ccccc1C(=O)O)C(=O)C(=O)NCC(=O)N[C@H](C(N)=O)c1ccccc1. The largest absolute Gasteiger partial charge is 0.481 e. The maximum atomic E-state index is 14.4. The highest BCUT2D eigenvalue weighted by atomic mass is 16.5. The van der Waals surface area contributed by atoms with Gasteiger partial charge in [-0.2, -0.15) is 0 Å². The Morgan fingerprint density at radius 2 is 1.43 bits per heavy atom. The molecule has 1 fully saturated rings. The fraction of sp³-hybridized carbons (Fsp3) is 0.357. The van der Waals surface area contributed by atoms with Gasteiger partial charge in [-0.05, 0) is 42.5 Å². The second kappa shape index (κ2) is 22.3. The van der Waals surface area contributed by atoms with Crippen molar-refractivity contribution in [3.8, 4) is 0 Å². The van der Waals surface area contributed by atoms with Gasteiger partial charge >= 0.3 is 11.9 Å². The number of nitrogens with two attached hydrogens (primary N) is 1. The summed E-state index contributed by atoms with van der Waals surface area (Å²) in [6.45, 7) is 0.962. The van der Waals surface area contributed by atoms with Crippen LogP contribution in [0, 0.1) is 0 Å². The molecule has 0 spiro atoms. The molecular formula is C42H48N6O12. The van der Waals surface area contributed by atoms with Gasteiger partial charge in [-0.3, -0.25) is 38.4 Å². The second-order valence-corrected chi connectivity index (χ2v) is 14.0. The first-order valence-electron chi connectivity index (χ1n) is 19.3. The van der Waals surface area contributed by atoms with Gasteiger partial charge in [0.25, 0.3) is 11.8 Å². The van der Waals surface area contributed by atoms with Crippen LogP contribution >= 0.6 is 0 Å². The summed E-state index contributed by atoms with van der Waals surface area (Å²) < 4.78 is 6.10. The predicted molar refractivity (Wildman–Crippen MR) is 213 cm³/mol. The van der Waals surface area contributed by atoms with Crippen molar-refractivity contribution in [1.29, 1.82) is 0 Å². The minimum Gasteiger partial charge on any atom is -0.481 e. The Kier molecular flexibility index (Phi) is 17.0. The lowest BCUT2D eigenvalue weighted by Gasteiger charge is -2.29. The van der Waals surface area contributed by atoms with E-state index in [1.165, 1.54) is 24.3 Å². The first-order valence-corrected chi connectivity index (χ1v) is 19.3. The van der Waals surface area contributed by atoms with E-state index in [2.05, 4.69) is 21.3 Å². The molecule has 8 N–H and O–H groups in total. The molecule has 318 valence electrons. The number of likely N-dealkylation sites (tertiary alicyclic amines) is 1. The number of amides is 6. The third kappa shape index (κ3) is 13.0. The molecule has 18 nitrogen and oxygen atoms in total. The number of benzene rings is 3. The molecule has 4 rings (SSSR count). The first kappa shape index (κ1) is 45.7. The van der Waals surface area contributed by atoms with E-state index >= 15 is 0 Å². The van der Waals surface area contributed by atoms with Crippen molar-refractivity contribution in [2.45, 2.75) is 82.3 Å². The fourth-order valence-corrected chi connectivity index (χ4v) is 6.62. The van der Waals surface area contributed by atoms with Crippen LogP contribution < -0.4 is 27.0 Å².